The Balaban J connectivity index is 0.957. The maximum Gasteiger partial charge on any atom is 0.407 e. The van der Waals surface area contributed by atoms with Crippen LogP contribution in [-0.2, 0) is 19.1 Å². The standard InChI is InChI=1S/C59H72F2N10O6/c1-7-76-58(74)66-51(34(3)4)56(72)69-26-12-16-49(69)54-62-43-20-18-38(30-45(43)64-54)47-22-23-48(71(47)40-32-41(60)53(42(61)33-40)68-28-24-37(25-29-68)36-14-10-9-11-15-36)39-19-21-44-46(31-39)65-55(63-44)50-17-13-27-70(50)57(73)52(35(5)6)67-59(75)77-8-2/h9-11,14-15,18-21,30-35,37,47-52H,7-8,12-13,16-17,22-29H2,1-6H3,(H,62,64)(H,63,65)(H,66,74)(H,67,75)/t47-,48-,49+,50+,51+,52+/m1/s1. The van der Waals surface area contributed by atoms with Crippen LogP contribution in [0.4, 0.5) is 29.7 Å². The van der Waals surface area contributed by atoms with Gasteiger partial charge >= 0.3 is 12.2 Å². The minimum absolute atomic E-state index is 0.00275. The van der Waals surface area contributed by atoms with Gasteiger partial charge in [-0.1, -0.05) is 70.2 Å². The number of halogens is 2. The van der Waals surface area contributed by atoms with Crippen molar-refractivity contribution in [3.63, 3.8) is 0 Å². The van der Waals surface area contributed by atoms with E-state index in [1.807, 2.05) is 75.1 Å². The lowest BCUT2D eigenvalue weighted by Gasteiger charge is -2.36. The molecular formula is C59H72F2N10O6. The number of benzene rings is 4. The number of anilines is 2. The van der Waals surface area contributed by atoms with Crippen LogP contribution in [0.5, 0.6) is 0 Å². The normalized spacial score (nSPS) is 20.9. The van der Waals surface area contributed by atoms with E-state index in [4.69, 9.17) is 19.4 Å². The zero-order chi connectivity index (χ0) is 54.1. The number of carbonyl (C=O) groups is 4. The summed E-state index contributed by atoms with van der Waals surface area (Å²) in [5, 5.41) is 5.54. The molecule has 0 radical (unpaired) electrons. The summed E-state index contributed by atoms with van der Waals surface area (Å²) in [5.41, 5.74) is 6.56. The number of hydrogen-bond acceptors (Lipinski definition) is 10. The maximum absolute atomic E-state index is 16.9. The zero-order valence-corrected chi connectivity index (χ0v) is 45.0. The number of aromatic nitrogens is 4. The van der Waals surface area contributed by atoms with E-state index < -0.39 is 35.9 Å². The Morgan fingerprint density at radius 2 is 1.06 bits per heavy atom. The third kappa shape index (κ3) is 10.9. The molecule has 16 nitrogen and oxygen atoms in total. The fourth-order valence-electron chi connectivity index (χ4n) is 12.4. The number of alkyl carbamates (subject to hydrolysis) is 2. The maximum atomic E-state index is 16.9. The van der Waals surface area contributed by atoms with Gasteiger partial charge in [0.05, 0.1) is 59.4 Å². The number of aromatic amines is 2. The number of nitrogens with one attached hydrogen (secondary N) is 4. The fourth-order valence-corrected chi connectivity index (χ4v) is 12.4. The fraction of sp³-hybridized carbons (Fsp3) is 0.492. The molecule has 4 aromatic carbocycles. The van der Waals surface area contributed by atoms with E-state index >= 15 is 8.78 Å². The average Bonchev–Trinajstić information content (AvgIpc) is 4.36. The van der Waals surface area contributed by atoms with Crippen molar-refractivity contribution in [2.24, 2.45) is 11.8 Å². The van der Waals surface area contributed by atoms with Crippen molar-refractivity contribution in [1.29, 1.82) is 0 Å². The molecule has 0 bridgehead atoms. The molecule has 0 unspecified atom stereocenters. The molecule has 18 heteroatoms. The number of hydrogen-bond donors (Lipinski definition) is 4. The highest BCUT2D eigenvalue weighted by molar-refractivity contribution is 5.88. The van der Waals surface area contributed by atoms with Crippen molar-refractivity contribution in [3.8, 4) is 0 Å². The number of carbonyl (C=O) groups excluding carboxylic acids is 4. The molecule has 6 heterocycles. The number of fused-ring (bicyclic) bond motifs is 2. The molecule has 6 atom stereocenters. The predicted molar refractivity (Wildman–Crippen MR) is 291 cm³/mol. The van der Waals surface area contributed by atoms with E-state index in [9.17, 15) is 19.2 Å². The monoisotopic (exact) mass is 1050 g/mol. The minimum Gasteiger partial charge on any atom is -0.450 e. The van der Waals surface area contributed by atoms with Gasteiger partial charge in [0.15, 0.2) is 11.6 Å². The highest BCUT2D eigenvalue weighted by Gasteiger charge is 2.41. The van der Waals surface area contributed by atoms with Gasteiger partial charge in [0.1, 0.15) is 29.4 Å². The summed E-state index contributed by atoms with van der Waals surface area (Å²) in [7, 11) is 0. The van der Waals surface area contributed by atoms with Crippen LogP contribution in [0.15, 0.2) is 78.9 Å². The van der Waals surface area contributed by atoms with Gasteiger partial charge < -0.3 is 49.7 Å². The first-order valence-electron chi connectivity index (χ1n) is 27.7. The number of piperidine rings is 1. The Kier molecular flexibility index (Phi) is 15.7. The van der Waals surface area contributed by atoms with Crippen molar-refractivity contribution in [3.05, 3.63) is 119 Å². The largest absolute Gasteiger partial charge is 0.450 e. The molecule has 77 heavy (non-hydrogen) atoms. The van der Waals surface area contributed by atoms with Crippen LogP contribution in [-0.4, -0.2) is 105 Å². The van der Waals surface area contributed by atoms with Gasteiger partial charge in [-0.3, -0.25) is 9.59 Å². The molecule has 2 aromatic heterocycles. The van der Waals surface area contributed by atoms with Gasteiger partial charge in [0.25, 0.3) is 0 Å². The van der Waals surface area contributed by atoms with Crippen molar-refractivity contribution in [1.82, 2.24) is 40.4 Å². The summed E-state index contributed by atoms with van der Waals surface area (Å²) in [6, 6.07) is 22.6. The summed E-state index contributed by atoms with van der Waals surface area (Å²) >= 11 is 0. The van der Waals surface area contributed by atoms with E-state index in [0.29, 0.717) is 75.1 Å². The molecule has 4 aliphatic rings. The first kappa shape index (κ1) is 53.2. The Hall–Kier alpha value is -7.24. The van der Waals surface area contributed by atoms with Crippen LogP contribution < -0.4 is 20.4 Å². The van der Waals surface area contributed by atoms with Gasteiger partial charge in [-0.25, -0.2) is 28.3 Å². The van der Waals surface area contributed by atoms with Crippen LogP contribution >= 0.6 is 0 Å². The molecule has 4 N–H and O–H groups in total. The van der Waals surface area contributed by atoms with Crippen LogP contribution in [0.3, 0.4) is 0 Å². The second-order valence-electron chi connectivity index (χ2n) is 21.8. The molecule has 0 aliphatic carbocycles. The van der Waals surface area contributed by atoms with Gasteiger partial charge in [-0.15, -0.1) is 0 Å². The summed E-state index contributed by atoms with van der Waals surface area (Å²) in [5.74, 6) is -0.308. The highest BCUT2D eigenvalue weighted by Crippen LogP contribution is 2.49. The minimum atomic E-state index is -0.766. The SMILES string of the molecule is CCOC(=O)N[C@H](C(=O)N1CCC[C@H]1c1nc2ccc([C@H]3CC[C@H](c4ccc5nc([C@@H]6CCCN6C(=O)[C@@H](NC(=O)OCC)C(C)C)[nH]c5c4)N3c3cc(F)c(N4CCC(c5ccccc5)CC4)c(F)c3)cc2[nH]1)C(C)C. The number of ether oxygens (including phenoxy) is 2. The van der Waals surface area contributed by atoms with Gasteiger partial charge in [-0.2, -0.15) is 0 Å². The summed E-state index contributed by atoms with van der Waals surface area (Å²) < 4.78 is 44.0. The average molecular weight is 1060 g/mol. The summed E-state index contributed by atoms with van der Waals surface area (Å²) in [6.07, 6.45) is 4.62. The first-order chi connectivity index (χ1) is 37.2. The highest BCUT2D eigenvalue weighted by atomic mass is 19.1. The molecule has 6 aromatic rings. The molecule has 0 saturated carbocycles. The lowest BCUT2D eigenvalue weighted by molar-refractivity contribution is -0.136. The third-order valence-electron chi connectivity index (χ3n) is 16.3. The van der Waals surface area contributed by atoms with Crippen molar-refractivity contribution >= 4 is 57.4 Å². The quantitative estimate of drug-likeness (QED) is 0.0773. The lowest BCUT2D eigenvalue weighted by atomic mass is 9.89. The van der Waals surface area contributed by atoms with E-state index in [-0.39, 0.29) is 66.7 Å². The topological polar surface area (TPSA) is 181 Å². The molecule has 408 valence electrons. The number of H-pyrrole nitrogens is 2. The summed E-state index contributed by atoms with van der Waals surface area (Å²) in [4.78, 5) is 77.8. The van der Waals surface area contributed by atoms with E-state index in [2.05, 4.69) is 49.8 Å². The van der Waals surface area contributed by atoms with E-state index in [1.54, 1.807) is 23.6 Å². The molecule has 4 amide bonds. The molecule has 4 saturated heterocycles. The number of nitrogens with zero attached hydrogens (tertiary/aromatic N) is 6. The number of likely N-dealkylation sites (tertiary alicyclic amines) is 2. The Labute approximate surface area is 448 Å². The van der Waals surface area contributed by atoms with Crippen molar-refractivity contribution in [2.75, 3.05) is 49.2 Å². The van der Waals surface area contributed by atoms with Gasteiger partial charge in [0, 0.05) is 31.9 Å². The molecule has 4 fully saturated rings. The van der Waals surface area contributed by atoms with Crippen LogP contribution in [0.25, 0.3) is 22.1 Å². The van der Waals surface area contributed by atoms with Crippen LogP contribution in [0.2, 0.25) is 0 Å². The van der Waals surface area contributed by atoms with Crippen molar-refractivity contribution in [2.45, 2.75) is 135 Å². The van der Waals surface area contributed by atoms with Crippen molar-refractivity contribution < 1.29 is 37.4 Å². The number of rotatable bonds is 15. The van der Waals surface area contributed by atoms with E-state index in [1.165, 1.54) is 17.7 Å². The molecule has 0 spiro atoms. The molecule has 10 rings (SSSR count). The zero-order valence-electron chi connectivity index (χ0n) is 45.0. The van der Waals surface area contributed by atoms with Gasteiger partial charge in [0.2, 0.25) is 11.8 Å². The third-order valence-corrected chi connectivity index (χ3v) is 16.3. The number of amides is 4. The Bertz CT molecular complexity index is 2930. The lowest BCUT2D eigenvalue weighted by Crippen LogP contribution is -2.51. The van der Waals surface area contributed by atoms with Gasteiger partial charge in [-0.05, 0) is 136 Å². The predicted octanol–water partition coefficient (Wildman–Crippen LogP) is 11.1. The second-order valence-corrected chi connectivity index (χ2v) is 21.8. The molecule has 4 aliphatic heterocycles. The molecular weight excluding hydrogens is 983 g/mol. The second kappa shape index (κ2) is 22.8. The smallest absolute Gasteiger partial charge is 0.407 e. The van der Waals surface area contributed by atoms with Crippen LogP contribution in [0.1, 0.15) is 151 Å². The number of imidazole rings is 2. The Morgan fingerprint density at radius 3 is 1.51 bits per heavy atom. The Morgan fingerprint density at radius 1 is 0.597 bits per heavy atom. The first-order valence-corrected chi connectivity index (χ1v) is 27.7. The van der Waals surface area contributed by atoms with E-state index in [0.717, 1.165) is 58.9 Å². The summed E-state index contributed by atoms with van der Waals surface area (Å²) in [6.45, 7) is 13.5. The van der Waals surface area contributed by atoms with Crippen LogP contribution in [0, 0.1) is 23.5 Å².